The second-order valence-electron chi connectivity index (χ2n) is 4.55. The highest BCUT2D eigenvalue weighted by Gasteiger charge is 2.11. The largest absolute Gasteiger partial charge is 0.324 e. The quantitative estimate of drug-likeness (QED) is 0.797. The van der Waals surface area contributed by atoms with E-state index >= 15 is 0 Å². The van der Waals surface area contributed by atoms with Crippen LogP contribution in [0, 0.1) is 12.7 Å². The molecule has 0 saturated carbocycles. The highest BCUT2D eigenvalue weighted by Crippen LogP contribution is 2.26. The van der Waals surface area contributed by atoms with Gasteiger partial charge >= 0.3 is 0 Å². The molecule has 0 aromatic heterocycles. The Kier molecular flexibility index (Phi) is 4.76. The van der Waals surface area contributed by atoms with Crippen LogP contribution in [0.4, 0.5) is 4.39 Å². The molecule has 4 heteroatoms. The van der Waals surface area contributed by atoms with Crippen molar-refractivity contribution >= 4 is 31.9 Å². The molecule has 0 aliphatic rings. The molecule has 0 amide bonds. The van der Waals surface area contributed by atoms with Crippen LogP contribution in [0.3, 0.4) is 0 Å². The molecule has 2 aromatic rings. The number of aryl methyl sites for hydroxylation is 1. The van der Waals surface area contributed by atoms with E-state index in [1.54, 1.807) is 6.07 Å². The van der Waals surface area contributed by atoms with Crippen LogP contribution in [0.2, 0.25) is 0 Å². The van der Waals surface area contributed by atoms with E-state index in [1.165, 1.54) is 17.7 Å². The first-order valence-corrected chi connectivity index (χ1v) is 7.51. The van der Waals surface area contributed by atoms with E-state index in [-0.39, 0.29) is 11.9 Å². The number of hydrogen-bond acceptors (Lipinski definition) is 1. The van der Waals surface area contributed by atoms with Crippen LogP contribution >= 0.6 is 31.9 Å². The monoisotopic (exact) mass is 385 g/mol. The molecule has 0 bridgehead atoms. The lowest BCUT2D eigenvalue weighted by atomic mass is 9.99. The molecule has 2 rings (SSSR count). The first-order chi connectivity index (χ1) is 8.97. The first kappa shape index (κ1) is 14.7. The molecule has 0 aliphatic heterocycles. The van der Waals surface area contributed by atoms with Gasteiger partial charge in [0.2, 0.25) is 0 Å². The molecular formula is C15H14Br2FN. The predicted octanol–water partition coefficient (Wildman–Crippen LogP) is 4.90. The van der Waals surface area contributed by atoms with Crippen LogP contribution in [-0.4, -0.2) is 0 Å². The third-order valence-corrected chi connectivity index (χ3v) is 4.67. The van der Waals surface area contributed by atoms with E-state index in [0.29, 0.717) is 6.42 Å². The maximum Gasteiger partial charge on any atom is 0.124 e. The van der Waals surface area contributed by atoms with Crippen molar-refractivity contribution in [3.8, 4) is 0 Å². The number of benzene rings is 2. The summed E-state index contributed by atoms with van der Waals surface area (Å²) in [5, 5.41) is 0. The van der Waals surface area contributed by atoms with Crippen LogP contribution in [0.1, 0.15) is 22.7 Å². The third-order valence-electron chi connectivity index (χ3n) is 3.08. The average Bonchev–Trinajstić information content (AvgIpc) is 2.36. The third kappa shape index (κ3) is 3.65. The van der Waals surface area contributed by atoms with Gasteiger partial charge in [0.25, 0.3) is 0 Å². The molecule has 100 valence electrons. The normalized spacial score (nSPS) is 12.5. The molecule has 1 nitrogen and oxygen atoms in total. The number of hydrogen-bond donors (Lipinski definition) is 1. The average molecular weight is 387 g/mol. The van der Waals surface area contributed by atoms with Crippen LogP contribution in [0.25, 0.3) is 0 Å². The molecule has 1 atom stereocenters. The molecule has 0 saturated heterocycles. The van der Waals surface area contributed by atoms with E-state index in [9.17, 15) is 4.39 Å². The minimum Gasteiger partial charge on any atom is -0.324 e. The molecule has 0 heterocycles. The summed E-state index contributed by atoms with van der Waals surface area (Å²) < 4.78 is 14.9. The Morgan fingerprint density at radius 3 is 2.47 bits per heavy atom. The van der Waals surface area contributed by atoms with Gasteiger partial charge in [-0.15, -0.1) is 0 Å². The van der Waals surface area contributed by atoms with Gasteiger partial charge in [-0.05, 0) is 48.2 Å². The molecule has 0 fully saturated rings. The summed E-state index contributed by atoms with van der Waals surface area (Å²) in [5.41, 5.74) is 9.47. The lowest BCUT2D eigenvalue weighted by molar-refractivity contribution is 0.624. The molecule has 0 radical (unpaired) electrons. The highest BCUT2D eigenvalue weighted by atomic mass is 79.9. The molecular weight excluding hydrogens is 373 g/mol. The Bertz CT molecular complexity index is 599. The summed E-state index contributed by atoms with van der Waals surface area (Å²) in [7, 11) is 0. The Morgan fingerprint density at radius 2 is 1.84 bits per heavy atom. The maximum atomic E-state index is 13.0. The lowest BCUT2D eigenvalue weighted by Crippen LogP contribution is -2.13. The first-order valence-electron chi connectivity index (χ1n) is 5.93. The topological polar surface area (TPSA) is 26.0 Å². The van der Waals surface area contributed by atoms with Crippen molar-refractivity contribution in [1.82, 2.24) is 0 Å². The van der Waals surface area contributed by atoms with Gasteiger partial charge in [0.15, 0.2) is 0 Å². The minimum absolute atomic E-state index is 0.112. The van der Waals surface area contributed by atoms with E-state index in [2.05, 4.69) is 31.9 Å². The summed E-state index contributed by atoms with van der Waals surface area (Å²) >= 11 is 6.88. The van der Waals surface area contributed by atoms with Crippen molar-refractivity contribution in [3.05, 3.63) is 67.9 Å². The summed E-state index contributed by atoms with van der Waals surface area (Å²) in [4.78, 5) is 0. The van der Waals surface area contributed by atoms with E-state index in [4.69, 9.17) is 5.73 Å². The van der Waals surface area contributed by atoms with Crippen LogP contribution in [-0.2, 0) is 6.42 Å². The molecule has 1 unspecified atom stereocenters. The molecule has 0 spiro atoms. The second-order valence-corrected chi connectivity index (χ2v) is 6.26. The molecule has 2 aromatic carbocycles. The fraction of sp³-hybridized carbons (Fsp3) is 0.200. The van der Waals surface area contributed by atoms with Gasteiger partial charge in [-0.25, -0.2) is 4.39 Å². The number of halogens is 3. The van der Waals surface area contributed by atoms with Crippen molar-refractivity contribution in [1.29, 1.82) is 0 Å². The van der Waals surface area contributed by atoms with E-state index in [0.717, 1.165) is 20.1 Å². The van der Waals surface area contributed by atoms with Gasteiger partial charge in [0, 0.05) is 15.0 Å². The lowest BCUT2D eigenvalue weighted by Gasteiger charge is -2.14. The van der Waals surface area contributed by atoms with Gasteiger partial charge in [0.1, 0.15) is 5.82 Å². The Labute approximate surface area is 129 Å². The molecule has 19 heavy (non-hydrogen) atoms. The van der Waals surface area contributed by atoms with E-state index in [1.807, 2.05) is 25.1 Å². The zero-order valence-corrected chi connectivity index (χ0v) is 13.6. The van der Waals surface area contributed by atoms with Gasteiger partial charge in [0.05, 0.1) is 0 Å². The maximum absolute atomic E-state index is 13.0. The van der Waals surface area contributed by atoms with Gasteiger partial charge in [-0.2, -0.15) is 0 Å². The van der Waals surface area contributed by atoms with Crippen LogP contribution in [0.5, 0.6) is 0 Å². The fourth-order valence-electron chi connectivity index (χ4n) is 1.88. The van der Waals surface area contributed by atoms with Gasteiger partial charge < -0.3 is 5.73 Å². The number of rotatable bonds is 3. The number of nitrogens with two attached hydrogens (primary N) is 1. The highest BCUT2D eigenvalue weighted by molar-refractivity contribution is 9.10. The van der Waals surface area contributed by atoms with Crippen molar-refractivity contribution in [2.24, 2.45) is 5.73 Å². The SMILES string of the molecule is Cc1ccc(C(N)Cc2ccc(F)cc2Br)cc1Br. The zero-order chi connectivity index (χ0) is 14.0. The van der Waals surface area contributed by atoms with Crippen LogP contribution < -0.4 is 5.73 Å². The van der Waals surface area contributed by atoms with Crippen LogP contribution in [0.15, 0.2) is 45.3 Å². The van der Waals surface area contributed by atoms with E-state index < -0.39 is 0 Å². The van der Waals surface area contributed by atoms with Gasteiger partial charge in [-0.1, -0.05) is 50.1 Å². The Balaban J connectivity index is 2.20. The summed E-state index contributed by atoms with van der Waals surface area (Å²) in [5.74, 6) is -0.248. The molecule has 0 aliphatic carbocycles. The minimum atomic E-state index is -0.248. The summed E-state index contributed by atoms with van der Waals surface area (Å²) in [6.45, 7) is 2.04. The summed E-state index contributed by atoms with van der Waals surface area (Å²) in [6, 6.07) is 10.7. The second kappa shape index (κ2) is 6.16. The smallest absolute Gasteiger partial charge is 0.124 e. The Morgan fingerprint density at radius 1 is 1.11 bits per heavy atom. The van der Waals surface area contributed by atoms with Crippen molar-refractivity contribution in [2.45, 2.75) is 19.4 Å². The summed E-state index contributed by atoms with van der Waals surface area (Å²) in [6.07, 6.45) is 0.663. The molecule has 2 N–H and O–H groups in total. The van der Waals surface area contributed by atoms with Gasteiger partial charge in [-0.3, -0.25) is 0 Å². The van der Waals surface area contributed by atoms with Crippen molar-refractivity contribution in [2.75, 3.05) is 0 Å². The van der Waals surface area contributed by atoms with Crippen molar-refractivity contribution in [3.63, 3.8) is 0 Å². The van der Waals surface area contributed by atoms with Crippen molar-refractivity contribution < 1.29 is 4.39 Å². The standard InChI is InChI=1S/C15H14Br2FN/c1-9-2-3-11(6-13(9)16)15(19)7-10-4-5-12(18)8-14(10)17/h2-6,8,15H,7,19H2,1H3. The Hall–Kier alpha value is -0.710. The fourth-order valence-corrected chi connectivity index (χ4v) is 2.79. The zero-order valence-electron chi connectivity index (χ0n) is 10.5. The predicted molar refractivity (Wildman–Crippen MR) is 83.6 cm³/mol.